The van der Waals surface area contributed by atoms with Crippen molar-refractivity contribution in [3.63, 3.8) is 0 Å². The lowest BCUT2D eigenvalue weighted by Gasteiger charge is -1.98. The lowest BCUT2D eigenvalue weighted by molar-refractivity contribution is -0.143. The van der Waals surface area contributed by atoms with Crippen LogP contribution in [0.1, 0.15) is 13.3 Å². The summed E-state index contributed by atoms with van der Waals surface area (Å²) in [7, 11) is 0. The van der Waals surface area contributed by atoms with Gasteiger partial charge in [0.15, 0.2) is 0 Å². The number of alkyl halides is 3. The van der Waals surface area contributed by atoms with Crippen molar-refractivity contribution in [2.45, 2.75) is 18.2 Å². The van der Waals surface area contributed by atoms with Crippen molar-refractivity contribution < 1.29 is 9.63 Å². The van der Waals surface area contributed by atoms with Crippen LogP contribution in [0.4, 0.5) is 0 Å². The first kappa shape index (κ1) is 12.0. The second kappa shape index (κ2) is 6.52. The SMILES string of the molecule is CC(=NOC(=O)CCCl)C(Cl)Cl. The molecule has 0 aliphatic rings. The largest absolute Gasteiger partial charge is 0.336 e. The zero-order chi connectivity index (χ0) is 9.56. The smallest absolute Gasteiger partial charge is 0.318 e. The molecule has 0 fully saturated rings. The Kier molecular flexibility index (Phi) is 6.52. The predicted octanol–water partition coefficient (Wildman–Crippen LogP) is 2.34. The summed E-state index contributed by atoms with van der Waals surface area (Å²) in [6.45, 7) is 1.55. The number of halogens is 3. The van der Waals surface area contributed by atoms with Gasteiger partial charge in [-0.05, 0) is 6.92 Å². The van der Waals surface area contributed by atoms with Crippen molar-refractivity contribution in [1.82, 2.24) is 0 Å². The van der Waals surface area contributed by atoms with E-state index in [0.717, 1.165) is 0 Å². The van der Waals surface area contributed by atoms with E-state index in [2.05, 4.69) is 9.99 Å². The lowest BCUT2D eigenvalue weighted by Crippen LogP contribution is -2.07. The predicted molar refractivity (Wildman–Crippen MR) is 50.0 cm³/mol. The molecule has 0 aromatic heterocycles. The van der Waals surface area contributed by atoms with Crippen molar-refractivity contribution in [2.24, 2.45) is 5.16 Å². The van der Waals surface area contributed by atoms with Crippen LogP contribution in [0.3, 0.4) is 0 Å². The monoisotopic (exact) mass is 231 g/mol. The molecule has 0 bridgehead atoms. The van der Waals surface area contributed by atoms with Gasteiger partial charge < -0.3 is 4.84 Å². The van der Waals surface area contributed by atoms with Gasteiger partial charge in [-0.25, -0.2) is 4.79 Å². The minimum Gasteiger partial charge on any atom is -0.318 e. The Hall–Kier alpha value is 0.01000. The third-order valence-electron chi connectivity index (χ3n) is 0.906. The number of rotatable bonds is 4. The van der Waals surface area contributed by atoms with Gasteiger partial charge in [-0.2, -0.15) is 0 Å². The molecule has 0 N–H and O–H groups in total. The van der Waals surface area contributed by atoms with Crippen LogP contribution < -0.4 is 0 Å². The first-order valence-corrected chi connectivity index (χ1v) is 4.57. The topological polar surface area (TPSA) is 38.7 Å². The number of hydrogen-bond acceptors (Lipinski definition) is 3. The van der Waals surface area contributed by atoms with Crippen LogP contribution in [0.5, 0.6) is 0 Å². The molecule has 70 valence electrons. The summed E-state index contributed by atoms with van der Waals surface area (Å²) in [6.07, 6.45) is 0.119. The van der Waals surface area contributed by atoms with E-state index in [-0.39, 0.29) is 12.3 Å². The van der Waals surface area contributed by atoms with E-state index in [1.807, 2.05) is 0 Å². The molecule has 12 heavy (non-hydrogen) atoms. The third kappa shape index (κ3) is 5.63. The molecule has 0 saturated heterocycles. The molecule has 0 rings (SSSR count). The summed E-state index contributed by atoms with van der Waals surface area (Å²) in [6, 6.07) is 0. The number of carbonyl (C=O) groups excluding carboxylic acids is 1. The van der Waals surface area contributed by atoms with Crippen molar-refractivity contribution in [3.05, 3.63) is 0 Å². The normalized spacial score (nSPS) is 11.9. The molecule has 0 amide bonds. The first-order valence-electron chi connectivity index (χ1n) is 3.16. The highest BCUT2D eigenvalue weighted by Crippen LogP contribution is 2.04. The Labute approximate surface area is 85.6 Å². The summed E-state index contributed by atoms with van der Waals surface area (Å²) in [5, 5.41) is 3.39. The van der Waals surface area contributed by atoms with E-state index >= 15 is 0 Å². The zero-order valence-corrected chi connectivity index (χ0v) is 8.66. The van der Waals surface area contributed by atoms with Gasteiger partial charge in [-0.1, -0.05) is 28.4 Å². The summed E-state index contributed by atoms with van der Waals surface area (Å²) in [4.78, 5) is 14.3. The molecular formula is C6H8Cl3NO2. The van der Waals surface area contributed by atoms with Crippen LogP contribution >= 0.6 is 34.8 Å². The molecular weight excluding hydrogens is 224 g/mol. The second-order valence-corrected chi connectivity index (χ2v) is 3.41. The maximum atomic E-state index is 10.7. The molecule has 0 aliphatic heterocycles. The molecule has 0 aromatic rings. The summed E-state index contributed by atoms with van der Waals surface area (Å²) >= 11 is 16.1. The van der Waals surface area contributed by atoms with Gasteiger partial charge in [0.25, 0.3) is 0 Å². The maximum Gasteiger partial charge on any atom is 0.336 e. The van der Waals surface area contributed by atoms with Crippen molar-refractivity contribution in [3.8, 4) is 0 Å². The molecule has 0 unspecified atom stereocenters. The number of nitrogens with zero attached hydrogens (tertiary/aromatic N) is 1. The van der Waals surface area contributed by atoms with Crippen LogP contribution in [0, 0.1) is 0 Å². The lowest BCUT2D eigenvalue weighted by atomic mass is 10.5. The Balaban J connectivity index is 3.79. The zero-order valence-electron chi connectivity index (χ0n) is 6.39. The van der Waals surface area contributed by atoms with Gasteiger partial charge in [-0.15, -0.1) is 11.6 Å². The van der Waals surface area contributed by atoms with Crippen LogP contribution in [0.15, 0.2) is 5.16 Å². The van der Waals surface area contributed by atoms with Gasteiger partial charge >= 0.3 is 5.97 Å². The first-order chi connectivity index (χ1) is 5.57. The van der Waals surface area contributed by atoms with Crippen LogP contribution in [0.2, 0.25) is 0 Å². The van der Waals surface area contributed by atoms with E-state index in [1.165, 1.54) is 0 Å². The maximum absolute atomic E-state index is 10.7. The van der Waals surface area contributed by atoms with Crippen LogP contribution in [-0.2, 0) is 9.63 Å². The molecule has 0 heterocycles. The highest BCUT2D eigenvalue weighted by molar-refractivity contribution is 6.54. The number of hydrogen-bond donors (Lipinski definition) is 0. The molecule has 0 saturated carbocycles. The fourth-order valence-corrected chi connectivity index (χ4v) is 0.520. The summed E-state index contributed by atoms with van der Waals surface area (Å²) in [5.74, 6) is -0.295. The quantitative estimate of drug-likeness (QED) is 0.323. The Morgan fingerprint density at radius 1 is 1.58 bits per heavy atom. The van der Waals surface area contributed by atoms with Gasteiger partial charge in [-0.3, -0.25) is 0 Å². The third-order valence-corrected chi connectivity index (χ3v) is 1.73. The van der Waals surface area contributed by atoms with Crippen molar-refractivity contribution in [2.75, 3.05) is 5.88 Å². The Morgan fingerprint density at radius 2 is 2.17 bits per heavy atom. The van der Waals surface area contributed by atoms with E-state index in [1.54, 1.807) is 6.92 Å². The average molecular weight is 232 g/mol. The molecule has 0 radical (unpaired) electrons. The number of oxime groups is 1. The standard InChI is InChI=1S/C6H8Cl3NO2/c1-4(6(8)9)10-12-5(11)2-3-7/h6H,2-3H2,1H3. The van der Waals surface area contributed by atoms with Crippen LogP contribution in [-0.4, -0.2) is 22.4 Å². The van der Waals surface area contributed by atoms with E-state index in [0.29, 0.717) is 5.71 Å². The van der Waals surface area contributed by atoms with Crippen LogP contribution in [0.25, 0.3) is 0 Å². The van der Waals surface area contributed by atoms with Crippen molar-refractivity contribution in [1.29, 1.82) is 0 Å². The molecule has 0 atom stereocenters. The summed E-state index contributed by atoms with van der Waals surface area (Å²) in [5.41, 5.74) is 0.334. The van der Waals surface area contributed by atoms with Gasteiger partial charge in [0.05, 0.1) is 12.1 Å². The minimum atomic E-state index is -0.756. The molecule has 0 aliphatic carbocycles. The summed E-state index contributed by atoms with van der Waals surface area (Å²) < 4.78 is 0. The molecule has 0 aromatic carbocycles. The second-order valence-electron chi connectivity index (χ2n) is 1.94. The van der Waals surface area contributed by atoms with Gasteiger partial charge in [0.2, 0.25) is 0 Å². The highest BCUT2D eigenvalue weighted by Gasteiger charge is 2.05. The van der Waals surface area contributed by atoms with Gasteiger partial charge in [0, 0.05) is 5.88 Å². The minimum absolute atomic E-state index is 0.119. The van der Waals surface area contributed by atoms with Gasteiger partial charge in [0.1, 0.15) is 4.84 Å². The van der Waals surface area contributed by atoms with Crippen molar-refractivity contribution >= 4 is 46.5 Å². The van der Waals surface area contributed by atoms with E-state index in [9.17, 15) is 4.79 Å². The highest BCUT2D eigenvalue weighted by atomic mass is 35.5. The average Bonchev–Trinajstić information content (AvgIpc) is 2.00. The Bertz CT molecular complexity index is 182. The fraction of sp³-hybridized carbons (Fsp3) is 0.667. The molecule has 6 heteroatoms. The Morgan fingerprint density at radius 3 is 2.58 bits per heavy atom. The number of carbonyl (C=O) groups is 1. The molecule has 3 nitrogen and oxygen atoms in total. The van der Waals surface area contributed by atoms with E-state index < -0.39 is 10.8 Å². The van der Waals surface area contributed by atoms with E-state index in [4.69, 9.17) is 34.8 Å². The molecule has 0 spiro atoms. The fourth-order valence-electron chi connectivity index (χ4n) is 0.286.